The lowest BCUT2D eigenvalue weighted by Crippen LogP contribution is -2.63. The van der Waals surface area contributed by atoms with Gasteiger partial charge in [-0.2, -0.15) is 0 Å². The van der Waals surface area contributed by atoms with E-state index in [1.54, 1.807) is 25.4 Å². The molecule has 1 aliphatic rings. The van der Waals surface area contributed by atoms with Gasteiger partial charge >= 0.3 is 0 Å². The Kier molecular flexibility index (Phi) is 6.35. The van der Waals surface area contributed by atoms with Crippen molar-refractivity contribution in [1.29, 1.82) is 0 Å². The molecule has 0 radical (unpaired) electrons. The molecule has 3 aromatic rings. The maximum Gasteiger partial charge on any atom is 0.165 e. The molecule has 1 aromatic carbocycles. The van der Waals surface area contributed by atoms with Gasteiger partial charge in [0.2, 0.25) is 0 Å². The lowest BCUT2D eigenvalue weighted by Gasteiger charge is -2.55. The minimum Gasteiger partial charge on any atom is -0.380 e. The van der Waals surface area contributed by atoms with Crippen LogP contribution in [0.4, 0.5) is 0 Å². The second-order valence-electron chi connectivity index (χ2n) is 9.94. The molecule has 4 rings (SSSR count). The molecule has 2 N–H and O–H groups in total. The van der Waals surface area contributed by atoms with Crippen molar-refractivity contribution < 1.29 is 10.2 Å². The Morgan fingerprint density at radius 1 is 1.06 bits per heavy atom. The number of aromatic nitrogens is 2. The average molecular weight is 456 g/mol. The number of hydrogen-bond acceptors (Lipinski definition) is 5. The summed E-state index contributed by atoms with van der Waals surface area (Å²) in [5.41, 5.74) is 1.73. The maximum atomic E-state index is 12.3. The minimum absolute atomic E-state index is 0.375. The highest BCUT2D eigenvalue weighted by atomic mass is 16.3. The highest BCUT2D eigenvalue weighted by Gasteiger charge is 2.55. The van der Waals surface area contributed by atoms with Crippen molar-refractivity contribution in [3.63, 3.8) is 0 Å². The number of pyridine rings is 2. The summed E-state index contributed by atoms with van der Waals surface area (Å²) < 4.78 is 0. The highest BCUT2D eigenvalue weighted by molar-refractivity contribution is 5.45. The van der Waals surface area contributed by atoms with E-state index in [4.69, 9.17) is 0 Å². The van der Waals surface area contributed by atoms with Gasteiger partial charge in [0.1, 0.15) is 5.60 Å². The summed E-state index contributed by atoms with van der Waals surface area (Å²) >= 11 is 0. The Bertz CT molecular complexity index is 1230. The van der Waals surface area contributed by atoms with Crippen LogP contribution in [0.2, 0.25) is 0 Å². The molecule has 3 heterocycles. The average Bonchev–Trinajstić information content (AvgIpc) is 2.81. The topological polar surface area (TPSA) is 69.5 Å². The number of likely N-dealkylation sites (tertiary alicyclic amines) is 1. The van der Waals surface area contributed by atoms with Gasteiger partial charge in [0.15, 0.2) is 5.60 Å². The highest BCUT2D eigenvalue weighted by Crippen LogP contribution is 2.50. The summed E-state index contributed by atoms with van der Waals surface area (Å²) in [6.07, 6.45) is 4.33. The smallest absolute Gasteiger partial charge is 0.165 e. The van der Waals surface area contributed by atoms with E-state index in [1.165, 1.54) is 5.56 Å². The zero-order valence-corrected chi connectivity index (χ0v) is 20.6. The predicted octanol–water partition coefficient (Wildman–Crippen LogP) is 3.79. The summed E-state index contributed by atoms with van der Waals surface area (Å²) in [7, 11) is 2.06. The molecule has 0 spiro atoms. The van der Waals surface area contributed by atoms with E-state index in [0.29, 0.717) is 16.8 Å². The molecule has 5 nitrogen and oxygen atoms in total. The third-order valence-electron chi connectivity index (χ3n) is 6.88. The van der Waals surface area contributed by atoms with Crippen molar-refractivity contribution in [3.05, 3.63) is 94.6 Å². The van der Waals surface area contributed by atoms with Crippen LogP contribution >= 0.6 is 0 Å². The Morgan fingerprint density at radius 3 is 2.38 bits per heavy atom. The normalized spacial score (nSPS) is 18.7. The molecule has 0 saturated carbocycles. The first-order chi connectivity index (χ1) is 16.1. The van der Waals surface area contributed by atoms with Crippen LogP contribution in [0.3, 0.4) is 0 Å². The Balaban J connectivity index is 1.75. The van der Waals surface area contributed by atoms with E-state index in [1.807, 2.05) is 37.3 Å². The van der Waals surface area contributed by atoms with Gasteiger partial charge in [-0.15, -0.1) is 0 Å². The number of hydrogen-bond donors (Lipinski definition) is 2. The fourth-order valence-corrected chi connectivity index (χ4v) is 5.00. The first kappa shape index (κ1) is 24.1. The van der Waals surface area contributed by atoms with E-state index in [2.05, 4.69) is 59.7 Å². The molecular formula is C29H33N3O2. The summed E-state index contributed by atoms with van der Waals surface area (Å²) in [4.78, 5) is 11.0. The molecule has 0 amide bonds. The molecule has 5 heteroatoms. The van der Waals surface area contributed by atoms with Crippen molar-refractivity contribution in [1.82, 2.24) is 14.9 Å². The second-order valence-corrected chi connectivity index (χ2v) is 9.94. The Labute approximate surface area is 202 Å². The Hall–Kier alpha value is -3.04. The zero-order chi connectivity index (χ0) is 24.6. The van der Waals surface area contributed by atoms with Gasteiger partial charge in [0.05, 0.1) is 5.69 Å². The fraction of sp³-hybridized carbons (Fsp3) is 0.379. The molecule has 1 saturated heterocycles. The van der Waals surface area contributed by atoms with Crippen LogP contribution in [0.15, 0.2) is 60.9 Å². The largest absolute Gasteiger partial charge is 0.380 e. The molecule has 34 heavy (non-hydrogen) atoms. The zero-order valence-electron chi connectivity index (χ0n) is 20.6. The van der Waals surface area contributed by atoms with Crippen LogP contribution < -0.4 is 0 Å². The molecule has 176 valence electrons. The maximum absolute atomic E-state index is 12.3. The summed E-state index contributed by atoms with van der Waals surface area (Å²) in [6, 6.07) is 15.6. The SMILES string of the molecule is CCc1ccc([C@](O)(c2cncc(C#CC(C)(O)c3cccc(C)n3)c2)C2(C)CN(C)C2)cc1. The molecular weight excluding hydrogens is 422 g/mol. The molecule has 0 aliphatic carbocycles. The van der Waals surface area contributed by atoms with E-state index in [-0.39, 0.29) is 5.41 Å². The molecule has 2 atom stereocenters. The van der Waals surface area contributed by atoms with Crippen molar-refractivity contribution in [3.8, 4) is 11.8 Å². The van der Waals surface area contributed by atoms with Crippen molar-refractivity contribution in [2.75, 3.05) is 20.1 Å². The number of rotatable bonds is 5. The number of aryl methyl sites for hydroxylation is 2. The summed E-state index contributed by atoms with van der Waals surface area (Å²) in [5.74, 6) is 6.00. The van der Waals surface area contributed by atoms with E-state index >= 15 is 0 Å². The molecule has 1 unspecified atom stereocenters. The summed E-state index contributed by atoms with van der Waals surface area (Å²) in [6.45, 7) is 9.29. The third-order valence-corrected chi connectivity index (χ3v) is 6.88. The number of nitrogens with zero attached hydrogens (tertiary/aromatic N) is 3. The monoisotopic (exact) mass is 455 g/mol. The van der Waals surface area contributed by atoms with Crippen LogP contribution in [0, 0.1) is 24.2 Å². The molecule has 0 bridgehead atoms. The van der Waals surface area contributed by atoms with Crippen molar-refractivity contribution >= 4 is 0 Å². The predicted molar refractivity (Wildman–Crippen MR) is 134 cm³/mol. The lowest BCUT2D eigenvalue weighted by molar-refractivity contribution is -0.127. The van der Waals surface area contributed by atoms with Crippen LogP contribution in [0.5, 0.6) is 0 Å². The standard InChI is InChI=1S/C29H33N3O2/c1-6-22-10-12-24(13-11-22)29(34,27(3)19-32(5)20-27)25-16-23(17-30-18-25)14-15-28(4,33)26-9-7-8-21(2)31-26/h7-13,16-18,33-34H,6,19-20H2,1-5H3/t28?,29-/m0/s1. The van der Waals surface area contributed by atoms with Crippen molar-refractivity contribution in [2.45, 2.75) is 45.3 Å². The van der Waals surface area contributed by atoms with Crippen molar-refractivity contribution in [2.24, 2.45) is 5.41 Å². The Morgan fingerprint density at radius 2 is 1.76 bits per heavy atom. The van der Waals surface area contributed by atoms with Gasteiger partial charge in [-0.05, 0) is 56.6 Å². The van der Waals surface area contributed by atoms with Crippen LogP contribution in [-0.4, -0.2) is 45.2 Å². The second kappa shape index (κ2) is 8.96. The summed E-state index contributed by atoms with van der Waals surface area (Å²) in [5, 5.41) is 23.2. The van der Waals surface area contributed by atoms with Gasteiger partial charge < -0.3 is 15.1 Å². The fourth-order valence-electron chi connectivity index (χ4n) is 5.00. The van der Waals surface area contributed by atoms with Gasteiger partial charge in [-0.3, -0.25) is 9.97 Å². The quantitative estimate of drug-likeness (QED) is 0.573. The van der Waals surface area contributed by atoms with Gasteiger partial charge in [-0.1, -0.05) is 56.0 Å². The van der Waals surface area contributed by atoms with Crippen LogP contribution in [0.1, 0.15) is 54.4 Å². The molecule has 1 fully saturated rings. The number of benzene rings is 1. The molecule has 2 aromatic heterocycles. The molecule has 1 aliphatic heterocycles. The van der Waals surface area contributed by atoms with Gasteiger partial charge in [-0.25, -0.2) is 0 Å². The van der Waals surface area contributed by atoms with Crippen LogP contribution in [0.25, 0.3) is 0 Å². The van der Waals surface area contributed by atoms with Gasteiger partial charge in [0.25, 0.3) is 0 Å². The first-order valence-corrected chi connectivity index (χ1v) is 11.7. The minimum atomic E-state index is -1.41. The third kappa shape index (κ3) is 4.37. The van der Waals surface area contributed by atoms with E-state index < -0.39 is 11.2 Å². The lowest BCUT2D eigenvalue weighted by atomic mass is 9.62. The van der Waals surface area contributed by atoms with Gasteiger partial charge in [0, 0.05) is 47.7 Å². The van der Waals surface area contributed by atoms with E-state index in [0.717, 1.165) is 30.8 Å². The van der Waals surface area contributed by atoms with Crippen LogP contribution in [-0.2, 0) is 17.6 Å². The number of aliphatic hydroxyl groups is 2. The van der Waals surface area contributed by atoms with E-state index in [9.17, 15) is 10.2 Å². The first-order valence-electron chi connectivity index (χ1n) is 11.7.